The van der Waals surface area contributed by atoms with Gasteiger partial charge in [-0.25, -0.2) is 0 Å². The molecule has 1 aliphatic carbocycles. The van der Waals surface area contributed by atoms with Crippen LogP contribution in [0.3, 0.4) is 0 Å². The number of allylic oxidation sites excluding steroid dienone is 1. The minimum absolute atomic E-state index is 0.144. The van der Waals surface area contributed by atoms with Crippen LogP contribution in [-0.4, -0.2) is 45.6 Å². The molecule has 1 aliphatic rings. The summed E-state index contributed by atoms with van der Waals surface area (Å²) in [4.78, 5) is 0. The molecule has 0 fully saturated rings. The Labute approximate surface area is 99.9 Å². The topological polar surface area (TPSA) is 98.7 Å². The average Bonchev–Trinajstić information content (AvgIpc) is 2.23. The molecule has 0 heterocycles. The fraction of sp³-hybridized carbons (Fsp3) is 0.800. The van der Waals surface area contributed by atoms with Crippen molar-refractivity contribution in [1.29, 1.82) is 0 Å². The predicted molar refractivity (Wildman–Crippen MR) is 62.1 cm³/mol. The molecule has 5 nitrogen and oxygen atoms in total. The van der Waals surface area contributed by atoms with Crippen LogP contribution in [0.15, 0.2) is 11.8 Å². The van der Waals surface area contributed by atoms with Crippen LogP contribution < -0.4 is 11.1 Å². The van der Waals surface area contributed by atoms with Crippen LogP contribution in [0.25, 0.3) is 0 Å². The highest BCUT2D eigenvalue weighted by Gasteiger charge is 2.44. The zero-order chi connectivity index (χ0) is 12.3. The fourth-order valence-corrected chi connectivity index (χ4v) is 2.16. The van der Waals surface area contributed by atoms with Gasteiger partial charge in [-0.1, -0.05) is 0 Å². The lowest BCUT2D eigenvalue weighted by Crippen LogP contribution is -2.52. The highest BCUT2D eigenvalue weighted by Crippen LogP contribution is 2.36. The third kappa shape index (κ3) is 2.67. The minimum Gasteiger partial charge on any atom is -0.510 e. The predicted octanol–water partition coefficient (Wildman–Crippen LogP) is -0.327. The number of nitrogens with two attached hydrogens (primary N) is 1. The first-order chi connectivity index (χ1) is 7.41. The summed E-state index contributed by atoms with van der Waals surface area (Å²) in [6, 6.07) is 0. The molecular formula is C10H19ClN2O3. The average molecular weight is 251 g/mol. The van der Waals surface area contributed by atoms with Crippen molar-refractivity contribution in [3.63, 3.8) is 0 Å². The zero-order valence-corrected chi connectivity index (χ0v) is 9.98. The third-order valence-corrected chi connectivity index (χ3v) is 3.67. The quantitative estimate of drug-likeness (QED) is 0.348. The van der Waals surface area contributed by atoms with Crippen LogP contribution in [0, 0.1) is 5.92 Å². The van der Waals surface area contributed by atoms with Crippen molar-refractivity contribution in [3.8, 4) is 0 Å². The molecule has 1 rings (SSSR count). The lowest BCUT2D eigenvalue weighted by Gasteiger charge is -2.39. The standard InChI is InChI=1S/C10H19ClN2O3/c1-10(16)7(14)3-2-6(8(10)11)9(15)13-5-4-12/h3,6,8-9,13-16H,2,4-5,12H2,1H3/t6-,8?,9-,10+/m0/s1. The molecule has 16 heavy (non-hydrogen) atoms. The second-order valence-corrected chi connectivity index (χ2v) is 4.70. The van der Waals surface area contributed by atoms with E-state index >= 15 is 0 Å². The number of rotatable bonds is 4. The zero-order valence-electron chi connectivity index (χ0n) is 9.23. The summed E-state index contributed by atoms with van der Waals surface area (Å²) < 4.78 is 0. The molecule has 6 heteroatoms. The Morgan fingerprint density at radius 2 is 2.38 bits per heavy atom. The molecule has 4 atom stereocenters. The number of alkyl halides is 1. The summed E-state index contributed by atoms with van der Waals surface area (Å²) in [5.74, 6) is -0.506. The first-order valence-electron chi connectivity index (χ1n) is 5.28. The Morgan fingerprint density at radius 1 is 1.75 bits per heavy atom. The van der Waals surface area contributed by atoms with Crippen LogP contribution >= 0.6 is 11.6 Å². The van der Waals surface area contributed by atoms with Gasteiger partial charge in [0.1, 0.15) is 17.6 Å². The van der Waals surface area contributed by atoms with E-state index < -0.39 is 17.2 Å². The highest BCUT2D eigenvalue weighted by molar-refractivity contribution is 6.22. The van der Waals surface area contributed by atoms with Gasteiger partial charge in [-0.3, -0.25) is 5.32 Å². The summed E-state index contributed by atoms with van der Waals surface area (Å²) in [7, 11) is 0. The van der Waals surface area contributed by atoms with Crippen LogP contribution in [0.2, 0.25) is 0 Å². The van der Waals surface area contributed by atoms with Crippen molar-refractivity contribution in [3.05, 3.63) is 11.8 Å². The van der Waals surface area contributed by atoms with E-state index in [4.69, 9.17) is 17.3 Å². The maximum Gasteiger partial charge on any atom is 0.135 e. The molecule has 94 valence electrons. The number of hydrogen-bond donors (Lipinski definition) is 5. The van der Waals surface area contributed by atoms with E-state index in [-0.39, 0.29) is 11.7 Å². The summed E-state index contributed by atoms with van der Waals surface area (Å²) in [5, 5.41) is 31.3. The molecule has 0 aromatic carbocycles. The molecule has 6 N–H and O–H groups in total. The molecule has 0 amide bonds. The van der Waals surface area contributed by atoms with Gasteiger partial charge < -0.3 is 21.1 Å². The Morgan fingerprint density at radius 3 is 2.94 bits per heavy atom. The van der Waals surface area contributed by atoms with Crippen LogP contribution in [0.4, 0.5) is 0 Å². The van der Waals surface area contributed by atoms with Gasteiger partial charge in [0, 0.05) is 19.0 Å². The Kier molecular flexibility index (Phi) is 4.58. The van der Waals surface area contributed by atoms with E-state index in [0.717, 1.165) is 0 Å². The molecule has 0 bridgehead atoms. The molecule has 0 aromatic heterocycles. The molecule has 0 saturated carbocycles. The molecule has 0 radical (unpaired) electrons. The second-order valence-electron chi connectivity index (χ2n) is 4.23. The maximum absolute atomic E-state index is 9.94. The second kappa shape index (κ2) is 5.33. The van der Waals surface area contributed by atoms with Gasteiger partial charge in [-0.15, -0.1) is 11.6 Å². The normalized spacial score (nSPS) is 36.9. The van der Waals surface area contributed by atoms with E-state index in [2.05, 4.69) is 5.32 Å². The lowest BCUT2D eigenvalue weighted by molar-refractivity contribution is -0.0144. The maximum atomic E-state index is 9.94. The number of aliphatic hydroxyl groups is 3. The minimum atomic E-state index is -1.50. The van der Waals surface area contributed by atoms with E-state index in [1.807, 2.05) is 0 Å². The highest BCUT2D eigenvalue weighted by atomic mass is 35.5. The number of nitrogens with one attached hydrogen (secondary N) is 1. The third-order valence-electron chi connectivity index (χ3n) is 2.92. The van der Waals surface area contributed by atoms with Crippen molar-refractivity contribution in [2.24, 2.45) is 11.7 Å². The smallest absolute Gasteiger partial charge is 0.135 e. The summed E-state index contributed by atoms with van der Waals surface area (Å²) in [6.45, 7) is 2.31. The Hall–Kier alpha value is -0.330. The molecule has 1 unspecified atom stereocenters. The lowest BCUT2D eigenvalue weighted by atomic mass is 9.81. The summed E-state index contributed by atoms with van der Waals surface area (Å²) >= 11 is 6.06. The summed E-state index contributed by atoms with van der Waals surface area (Å²) in [5.41, 5.74) is 3.80. The van der Waals surface area contributed by atoms with Gasteiger partial charge in [0.15, 0.2) is 0 Å². The molecular weight excluding hydrogens is 232 g/mol. The van der Waals surface area contributed by atoms with Gasteiger partial charge in [0.2, 0.25) is 0 Å². The monoisotopic (exact) mass is 250 g/mol. The van der Waals surface area contributed by atoms with Crippen molar-refractivity contribution in [2.75, 3.05) is 13.1 Å². The molecule has 0 spiro atoms. The SMILES string of the molecule is C[C@@]1(O)C(O)=CC[C@H]([C@H](O)NCCN)C1Cl. The number of aliphatic hydroxyl groups excluding tert-OH is 2. The van der Waals surface area contributed by atoms with Gasteiger partial charge in [-0.05, 0) is 19.4 Å². The van der Waals surface area contributed by atoms with Gasteiger partial charge >= 0.3 is 0 Å². The van der Waals surface area contributed by atoms with E-state index in [9.17, 15) is 15.3 Å². The van der Waals surface area contributed by atoms with Gasteiger partial charge in [0.05, 0.1) is 5.38 Å². The first-order valence-corrected chi connectivity index (χ1v) is 5.72. The Balaban J connectivity index is 2.70. The van der Waals surface area contributed by atoms with Crippen molar-refractivity contribution in [2.45, 2.75) is 30.6 Å². The van der Waals surface area contributed by atoms with Gasteiger partial charge in [0.25, 0.3) is 0 Å². The Bertz CT molecular complexity index is 271. The number of halogens is 1. The van der Waals surface area contributed by atoms with Crippen molar-refractivity contribution < 1.29 is 15.3 Å². The van der Waals surface area contributed by atoms with Crippen molar-refractivity contribution >= 4 is 11.6 Å². The van der Waals surface area contributed by atoms with E-state index in [0.29, 0.717) is 19.5 Å². The largest absolute Gasteiger partial charge is 0.510 e. The van der Waals surface area contributed by atoms with Crippen LogP contribution in [0.5, 0.6) is 0 Å². The fourth-order valence-electron chi connectivity index (χ4n) is 1.80. The summed E-state index contributed by atoms with van der Waals surface area (Å²) in [6.07, 6.45) is 1.05. The molecule has 0 saturated heterocycles. The van der Waals surface area contributed by atoms with E-state index in [1.165, 1.54) is 13.0 Å². The molecule has 0 aliphatic heterocycles. The molecule has 0 aromatic rings. The van der Waals surface area contributed by atoms with E-state index in [1.54, 1.807) is 0 Å². The van der Waals surface area contributed by atoms with Crippen LogP contribution in [-0.2, 0) is 0 Å². The first kappa shape index (κ1) is 13.7. The van der Waals surface area contributed by atoms with Crippen molar-refractivity contribution in [1.82, 2.24) is 5.32 Å². The van der Waals surface area contributed by atoms with Gasteiger partial charge in [-0.2, -0.15) is 0 Å². The number of hydrogen-bond acceptors (Lipinski definition) is 5. The van der Waals surface area contributed by atoms with Crippen LogP contribution in [0.1, 0.15) is 13.3 Å².